The van der Waals surface area contributed by atoms with Crippen LogP contribution in [0.15, 0.2) is 0 Å². The average Bonchev–Trinajstić information content (AvgIpc) is 2.32. The molecule has 1 aromatic rings. The van der Waals surface area contributed by atoms with Crippen molar-refractivity contribution in [1.82, 2.24) is 15.0 Å². The second-order valence-electron chi connectivity index (χ2n) is 2.46. The van der Waals surface area contributed by atoms with E-state index in [0.717, 1.165) is 4.68 Å². The Hall–Kier alpha value is -1.11. The van der Waals surface area contributed by atoms with Gasteiger partial charge in [-0.3, -0.25) is 0 Å². The molecule has 0 saturated heterocycles. The van der Waals surface area contributed by atoms with E-state index >= 15 is 0 Å². The van der Waals surface area contributed by atoms with Crippen molar-refractivity contribution in [3.05, 3.63) is 11.4 Å². The Balaban J connectivity index is 2.93. The molecule has 0 aliphatic carbocycles. The first kappa shape index (κ1) is 9.97. The fourth-order valence-corrected chi connectivity index (χ4v) is 1.08. The van der Waals surface area contributed by atoms with E-state index in [1.807, 2.05) is 0 Å². The standard InChI is InChI=1S/C6H8F2N4S/c1-3-5(6(9)13)10-11-12(3)2-4(7)8/h4H,2H2,1H3,(H2,9,13). The fourth-order valence-electron chi connectivity index (χ4n) is 0.892. The molecule has 1 heterocycles. The largest absolute Gasteiger partial charge is 0.388 e. The van der Waals surface area contributed by atoms with Crippen LogP contribution in [0, 0.1) is 6.92 Å². The van der Waals surface area contributed by atoms with Crippen molar-refractivity contribution in [1.29, 1.82) is 0 Å². The molecule has 72 valence electrons. The SMILES string of the molecule is Cc1c(C(N)=S)nnn1CC(F)F. The van der Waals surface area contributed by atoms with E-state index in [9.17, 15) is 8.78 Å². The van der Waals surface area contributed by atoms with Crippen molar-refractivity contribution in [2.45, 2.75) is 19.9 Å². The van der Waals surface area contributed by atoms with E-state index in [4.69, 9.17) is 5.73 Å². The van der Waals surface area contributed by atoms with Gasteiger partial charge in [-0.15, -0.1) is 5.10 Å². The van der Waals surface area contributed by atoms with Crippen molar-refractivity contribution in [3.8, 4) is 0 Å². The molecule has 0 aliphatic rings. The molecule has 0 spiro atoms. The zero-order valence-electron chi connectivity index (χ0n) is 6.87. The lowest BCUT2D eigenvalue weighted by Crippen LogP contribution is -2.13. The van der Waals surface area contributed by atoms with Gasteiger partial charge in [0.15, 0.2) is 0 Å². The lowest BCUT2D eigenvalue weighted by Gasteiger charge is -2.01. The van der Waals surface area contributed by atoms with Gasteiger partial charge in [-0.25, -0.2) is 13.5 Å². The van der Waals surface area contributed by atoms with Gasteiger partial charge in [0, 0.05) is 0 Å². The van der Waals surface area contributed by atoms with Crippen molar-refractivity contribution < 1.29 is 8.78 Å². The first-order valence-electron chi connectivity index (χ1n) is 3.50. The van der Waals surface area contributed by atoms with Crippen LogP contribution < -0.4 is 5.73 Å². The third-order valence-electron chi connectivity index (χ3n) is 1.53. The summed E-state index contributed by atoms with van der Waals surface area (Å²) in [5.74, 6) is 0. The normalized spacial score (nSPS) is 10.8. The fraction of sp³-hybridized carbons (Fsp3) is 0.500. The summed E-state index contributed by atoms with van der Waals surface area (Å²) in [7, 11) is 0. The minimum absolute atomic E-state index is 0.0676. The van der Waals surface area contributed by atoms with E-state index in [0.29, 0.717) is 11.4 Å². The maximum Gasteiger partial charge on any atom is 0.257 e. The van der Waals surface area contributed by atoms with Gasteiger partial charge in [0.2, 0.25) is 0 Å². The Kier molecular flexibility index (Phi) is 2.86. The summed E-state index contributed by atoms with van der Waals surface area (Å²) in [6.45, 7) is 1.11. The van der Waals surface area contributed by atoms with Crippen LogP contribution in [0.1, 0.15) is 11.4 Å². The van der Waals surface area contributed by atoms with Crippen LogP contribution >= 0.6 is 12.2 Å². The van der Waals surface area contributed by atoms with Gasteiger partial charge in [-0.05, 0) is 6.92 Å². The Morgan fingerprint density at radius 3 is 2.69 bits per heavy atom. The molecular formula is C6H8F2N4S. The number of hydrogen-bond donors (Lipinski definition) is 1. The predicted molar refractivity (Wildman–Crippen MR) is 46.7 cm³/mol. The number of aromatic nitrogens is 3. The maximum absolute atomic E-state index is 12.0. The Morgan fingerprint density at radius 2 is 2.31 bits per heavy atom. The predicted octanol–water partition coefficient (Wildman–Crippen LogP) is 0.486. The molecule has 0 bridgehead atoms. The second-order valence-corrected chi connectivity index (χ2v) is 2.90. The first-order chi connectivity index (χ1) is 6.02. The Labute approximate surface area is 78.7 Å². The van der Waals surface area contributed by atoms with E-state index in [2.05, 4.69) is 22.5 Å². The number of rotatable bonds is 3. The molecule has 13 heavy (non-hydrogen) atoms. The van der Waals surface area contributed by atoms with Crippen molar-refractivity contribution in [3.63, 3.8) is 0 Å². The summed E-state index contributed by atoms with van der Waals surface area (Å²) in [6, 6.07) is 0. The molecule has 0 fully saturated rings. The van der Waals surface area contributed by atoms with Gasteiger partial charge in [-0.2, -0.15) is 0 Å². The molecule has 7 heteroatoms. The van der Waals surface area contributed by atoms with Crippen LogP contribution in [0.3, 0.4) is 0 Å². The van der Waals surface area contributed by atoms with Crippen LogP contribution in [0.4, 0.5) is 8.78 Å². The molecule has 0 unspecified atom stereocenters. The van der Waals surface area contributed by atoms with Crippen LogP contribution in [0.2, 0.25) is 0 Å². The third-order valence-corrected chi connectivity index (χ3v) is 1.72. The van der Waals surface area contributed by atoms with E-state index in [1.54, 1.807) is 6.92 Å². The van der Waals surface area contributed by atoms with Crippen molar-refractivity contribution in [2.24, 2.45) is 5.73 Å². The number of nitrogens with zero attached hydrogens (tertiary/aromatic N) is 3. The quantitative estimate of drug-likeness (QED) is 0.731. The van der Waals surface area contributed by atoms with E-state index in [1.165, 1.54) is 0 Å². The van der Waals surface area contributed by atoms with Gasteiger partial charge in [0.1, 0.15) is 17.2 Å². The highest BCUT2D eigenvalue weighted by atomic mass is 32.1. The first-order valence-corrected chi connectivity index (χ1v) is 3.91. The molecule has 4 nitrogen and oxygen atoms in total. The molecule has 0 aromatic carbocycles. The van der Waals surface area contributed by atoms with Crippen molar-refractivity contribution in [2.75, 3.05) is 0 Å². The molecule has 0 amide bonds. The van der Waals surface area contributed by atoms with E-state index < -0.39 is 13.0 Å². The molecule has 1 aromatic heterocycles. The minimum atomic E-state index is -2.46. The van der Waals surface area contributed by atoms with E-state index in [-0.39, 0.29) is 4.99 Å². The highest BCUT2D eigenvalue weighted by Gasteiger charge is 2.13. The number of hydrogen-bond acceptors (Lipinski definition) is 3. The molecule has 0 radical (unpaired) electrons. The number of thiocarbonyl (C=S) groups is 1. The van der Waals surface area contributed by atoms with Crippen LogP contribution in [-0.2, 0) is 6.54 Å². The molecule has 1 rings (SSSR count). The number of halogens is 2. The summed E-state index contributed by atoms with van der Waals surface area (Å²) in [4.78, 5) is 0.0676. The summed E-state index contributed by atoms with van der Waals surface area (Å²) < 4.78 is 25.0. The number of alkyl halides is 2. The summed E-state index contributed by atoms with van der Waals surface area (Å²) in [6.07, 6.45) is -2.46. The smallest absolute Gasteiger partial charge is 0.257 e. The average molecular weight is 206 g/mol. The van der Waals surface area contributed by atoms with Gasteiger partial charge in [-0.1, -0.05) is 17.4 Å². The van der Waals surface area contributed by atoms with Crippen LogP contribution in [0.5, 0.6) is 0 Å². The minimum Gasteiger partial charge on any atom is -0.388 e. The Morgan fingerprint density at radius 1 is 1.69 bits per heavy atom. The monoisotopic (exact) mass is 206 g/mol. The molecule has 0 atom stereocenters. The van der Waals surface area contributed by atoms with Crippen LogP contribution in [0.25, 0.3) is 0 Å². The lowest BCUT2D eigenvalue weighted by molar-refractivity contribution is 0.120. The molecule has 0 aliphatic heterocycles. The summed E-state index contributed by atoms with van der Waals surface area (Å²) >= 11 is 4.65. The van der Waals surface area contributed by atoms with Gasteiger partial charge < -0.3 is 5.73 Å². The molecular weight excluding hydrogens is 198 g/mol. The summed E-state index contributed by atoms with van der Waals surface area (Å²) in [5.41, 5.74) is 6.05. The highest BCUT2D eigenvalue weighted by Crippen LogP contribution is 2.05. The van der Waals surface area contributed by atoms with Gasteiger partial charge in [0.05, 0.1) is 5.69 Å². The zero-order chi connectivity index (χ0) is 10.0. The lowest BCUT2D eigenvalue weighted by atomic mass is 10.3. The van der Waals surface area contributed by atoms with Gasteiger partial charge >= 0.3 is 0 Å². The highest BCUT2D eigenvalue weighted by molar-refractivity contribution is 7.80. The summed E-state index contributed by atoms with van der Waals surface area (Å²) in [5, 5.41) is 7.08. The van der Waals surface area contributed by atoms with Crippen LogP contribution in [-0.4, -0.2) is 26.4 Å². The zero-order valence-corrected chi connectivity index (χ0v) is 7.68. The second kappa shape index (κ2) is 3.73. The topological polar surface area (TPSA) is 56.7 Å². The maximum atomic E-state index is 12.0. The number of nitrogens with two attached hydrogens (primary N) is 1. The molecule has 0 saturated carbocycles. The Bertz CT molecular complexity index is 322. The van der Waals surface area contributed by atoms with Crippen molar-refractivity contribution >= 4 is 17.2 Å². The van der Waals surface area contributed by atoms with Gasteiger partial charge in [0.25, 0.3) is 6.43 Å². The molecule has 2 N–H and O–H groups in total. The third kappa shape index (κ3) is 2.18.